The summed E-state index contributed by atoms with van der Waals surface area (Å²) in [6, 6.07) is 0. The lowest BCUT2D eigenvalue weighted by Crippen LogP contribution is -2.45. The zero-order valence-corrected chi connectivity index (χ0v) is 19.5. The van der Waals surface area contributed by atoms with Gasteiger partial charge in [0.15, 0.2) is 0 Å². The molecule has 0 aliphatic heterocycles. The number of hydrogen-bond donors (Lipinski definition) is 0. The van der Waals surface area contributed by atoms with Crippen molar-refractivity contribution >= 4 is 11.9 Å². The van der Waals surface area contributed by atoms with Gasteiger partial charge in [-0.1, -0.05) is 80.1 Å². The Labute approximate surface area is 174 Å². The lowest BCUT2D eigenvalue weighted by atomic mass is 9.79. The minimum absolute atomic E-state index is 0.158. The number of rotatable bonds is 17. The number of unbranched alkanes of at least 4 members (excludes halogenated alkanes) is 6. The molecule has 0 aromatic rings. The number of hydrogen-bond acceptors (Lipinski definition) is 4. The molecule has 0 aliphatic carbocycles. The summed E-state index contributed by atoms with van der Waals surface area (Å²) in [5, 5.41) is 0. The van der Waals surface area contributed by atoms with Gasteiger partial charge in [0.05, 0.1) is 0 Å². The molecule has 0 amide bonds. The molecule has 4 nitrogen and oxygen atoms in total. The van der Waals surface area contributed by atoms with Crippen LogP contribution in [0.5, 0.6) is 0 Å². The van der Waals surface area contributed by atoms with Gasteiger partial charge in [0.25, 0.3) is 0 Å². The highest BCUT2D eigenvalue weighted by Gasteiger charge is 2.39. The van der Waals surface area contributed by atoms with E-state index >= 15 is 0 Å². The standard InChI is InChI=1S/C24H46O4/c1-7-11-14-17-20(27-21(25)18-15-12-8-2)23(24(5,6)10-4)28-22(26)19-16-13-9-3/h20,23H,7-19H2,1-6H3. The van der Waals surface area contributed by atoms with E-state index in [0.717, 1.165) is 70.6 Å². The minimum atomic E-state index is -0.390. The summed E-state index contributed by atoms with van der Waals surface area (Å²) in [5.41, 5.74) is -0.235. The molecule has 0 heterocycles. The lowest BCUT2D eigenvalue weighted by Gasteiger charge is -2.38. The van der Waals surface area contributed by atoms with E-state index in [1.165, 1.54) is 0 Å². The Hall–Kier alpha value is -1.06. The van der Waals surface area contributed by atoms with Gasteiger partial charge in [-0.2, -0.15) is 0 Å². The quantitative estimate of drug-likeness (QED) is 0.196. The van der Waals surface area contributed by atoms with Gasteiger partial charge < -0.3 is 9.47 Å². The third-order valence-corrected chi connectivity index (χ3v) is 5.62. The predicted molar refractivity (Wildman–Crippen MR) is 116 cm³/mol. The van der Waals surface area contributed by atoms with E-state index in [1.807, 2.05) is 0 Å². The number of carbonyl (C=O) groups is 2. The first-order valence-corrected chi connectivity index (χ1v) is 11.7. The fourth-order valence-electron chi connectivity index (χ4n) is 3.27. The number of esters is 2. The summed E-state index contributed by atoms with van der Waals surface area (Å²) in [4.78, 5) is 24.9. The molecule has 0 saturated carbocycles. The van der Waals surface area contributed by atoms with Crippen molar-refractivity contribution in [2.75, 3.05) is 0 Å². The van der Waals surface area contributed by atoms with Gasteiger partial charge in [-0.15, -0.1) is 0 Å². The first kappa shape index (κ1) is 26.9. The Morgan fingerprint density at radius 2 is 1.18 bits per heavy atom. The molecule has 166 valence electrons. The summed E-state index contributed by atoms with van der Waals surface area (Å²) < 4.78 is 11.9. The zero-order valence-electron chi connectivity index (χ0n) is 19.5. The fraction of sp³-hybridized carbons (Fsp3) is 0.917. The molecule has 0 aromatic heterocycles. The molecule has 0 radical (unpaired) electrons. The maximum atomic E-state index is 12.5. The summed E-state index contributed by atoms with van der Waals surface area (Å²) in [7, 11) is 0. The van der Waals surface area contributed by atoms with Gasteiger partial charge in [0.2, 0.25) is 0 Å². The smallest absolute Gasteiger partial charge is 0.306 e. The summed E-state index contributed by atoms with van der Waals surface area (Å²) in [5.74, 6) is -0.323. The fourth-order valence-corrected chi connectivity index (χ4v) is 3.27. The van der Waals surface area contributed by atoms with Crippen molar-refractivity contribution in [1.82, 2.24) is 0 Å². The number of ether oxygens (including phenoxy) is 2. The van der Waals surface area contributed by atoms with Crippen LogP contribution in [0.25, 0.3) is 0 Å². The Morgan fingerprint density at radius 3 is 1.64 bits per heavy atom. The molecule has 0 saturated heterocycles. The molecule has 0 spiro atoms. The van der Waals surface area contributed by atoms with Gasteiger partial charge >= 0.3 is 11.9 Å². The molecule has 4 heteroatoms. The SMILES string of the molecule is CCCCCC(=O)OC(CCCCC)C(OC(=O)CCCCC)C(C)(C)CC. The van der Waals surface area contributed by atoms with Crippen molar-refractivity contribution in [1.29, 1.82) is 0 Å². The first-order chi connectivity index (χ1) is 13.3. The first-order valence-electron chi connectivity index (χ1n) is 11.7. The molecule has 28 heavy (non-hydrogen) atoms. The average molecular weight is 399 g/mol. The molecule has 2 unspecified atom stereocenters. The highest BCUT2D eigenvalue weighted by atomic mass is 16.6. The van der Waals surface area contributed by atoms with Crippen molar-refractivity contribution < 1.29 is 19.1 Å². The van der Waals surface area contributed by atoms with E-state index in [-0.39, 0.29) is 23.5 Å². The van der Waals surface area contributed by atoms with Crippen LogP contribution >= 0.6 is 0 Å². The second-order valence-electron chi connectivity index (χ2n) is 8.69. The Balaban J connectivity index is 5.20. The predicted octanol–water partition coefficient (Wildman–Crippen LogP) is 6.99. The van der Waals surface area contributed by atoms with Crippen LogP contribution in [0.3, 0.4) is 0 Å². The normalized spacial score (nSPS) is 13.8. The van der Waals surface area contributed by atoms with Crippen LogP contribution in [-0.4, -0.2) is 24.1 Å². The number of carbonyl (C=O) groups excluding carboxylic acids is 2. The Morgan fingerprint density at radius 1 is 0.714 bits per heavy atom. The van der Waals surface area contributed by atoms with Crippen LogP contribution in [0.2, 0.25) is 0 Å². The average Bonchev–Trinajstić information content (AvgIpc) is 2.66. The third kappa shape index (κ3) is 11.7. The van der Waals surface area contributed by atoms with Gasteiger partial charge in [-0.3, -0.25) is 9.59 Å². The van der Waals surface area contributed by atoms with Gasteiger partial charge in [0.1, 0.15) is 12.2 Å². The molecule has 0 aliphatic rings. The second-order valence-corrected chi connectivity index (χ2v) is 8.69. The third-order valence-electron chi connectivity index (χ3n) is 5.62. The van der Waals surface area contributed by atoms with Gasteiger partial charge in [-0.05, 0) is 32.1 Å². The topological polar surface area (TPSA) is 52.6 Å². The Kier molecular flexibility index (Phi) is 15.2. The highest BCUT2D eigenvalue weighted by Crippen LogP contribution is 2.33. The maximum absolute atomic E-state index is 12.5. The van der Waals surface area contributed by atoms with Crippen molar-refractivity contribution in [3.05, 3.63) is 0 Å². The van der Waals surface area contributed by atoms with E-state index < -0.39 is 6.10 Å². The summed E-state index contributed by atoms with van der Waals surface area (Å²) in [6.45, 7) is 12.7. The highest BCUT2D eigenvalue weighted by molar-refractivity contribution is 5.70. The van der Waals surface area contributed by atoms with E-state index in [1.54, 1.807) is 0 Å². The van der Waals surface area contributed by atoms with E-state index in [4.69, 9.17) is 9.47 Å². The lowest BCUT2D eigenvalue weighted by molar-refractivity contribution is -0.179. The van der Waals surface area contributed by atoms with E-state index in [9.17, 15) is 9.59 Å². The summed E-state index contributed by atoms with van der Waals surface area (Å²) >= 11 is 0. The Bertz CT molecular complexity index is 417. The van der Waals surface area contributed by atoms with Crippen LogP contribution in [0, 0.1) is 5.41 Å². The van der Waals surface area contributed by atoms with E-state index in [0.29, 0.717) is 12.8 Å². The maximum Gasteiger partial charge on any atom is 0.306 e. The molecule has 0 bridgehead atoms. The van der Waals surface area contributed by atoms with Crippen molar-refractivity contribution in [2.24, 2.45) is 5.41 Å². The molecular weight excluding hydrogens is 352 g/mol. The van der Waals surface area contributed by atoms with Crippen LogP contribution < -0.4 is 0 Å². The van der Waals surface area contributed by atoms with Crippen LogP contribution in [0.1, 0.15) is 125 Å². The summed E-state index contributed by atoms with van der Waals surface area (Å²) in [6.07, 6.45) is 10.9. The van der Waals surface area contributed by atoms with Gasteiger partial charge in [-0.25, -0.2) is 0 Å². The van der Waals surface area contributed by atoms with Crippen LogP contribution in [0.4, 0.5) is 0 Å². The zero-order chi connectivity index (χ0) is 21.4. The molecule has 0 N–H and O–H groups in total. The molecule has 2 atom stereocenters. The second kappa shape index (κ2) is 15.8. The van der Waals surface area contributed by atoms with Crippen LogP contribution in [0.15, 0.2) is 0 Å². The largest absolute Gasteiger partial charge is 0.458 e. The van der Waals surface area contributed by atoms with Crippen molar-refractivity contribution in [2.45, 2.75) is 137 Å². The van der Waals surface area contributed by atoms with E-state index in [2.05, 4.69) is 41.5 Å². The van der Waals surface area contributed by atoms with Crippen molar-refractivity contribution in [3.63, 3.8) is 0 Å². The molecule has 0 fully saturated rings. The molecule has 0 rings (SSSR count). The molecule has 0 aromatic carbocycles. The van der Waals surface area contributed by atoms with Crippen molar-refractivity contribution in [3.8, 4) is 0 Å². The minimum Gasteiger partial charge on any atom is -0.458 e. The molecular formula is C24H46O4. The van der Waals surface area contributed by atoms with Gasteiger partial charge in [0, 0.05) is 18.3 Å². The monoisotopic (exact) mass is 398 g/mol. The van der Waals surface area contributed by atoms with Crippen LogP contribution in [-0.2, 0) is 19.1 Å².